The van der Waals surface area contributed by atoms with Gasteiger partial charge in [0, 0.05) is 17.7 Å². The molecule has 2 aromatic carbocycles. The summed E-state index contributed by atoms with van der Waals surface area (Å²) in [6.45, 7) is -1.24. The highest BCUT2D eigenvalue weighted by Crippen LogP contribution is 2.30. The summed E-state index contributed by atoms with van der Waals surface area (Å²) < 4.78 is 94.4. The highest BCUT2D eigenvalue weighted by molar-refractivity contribution is 5.77. The summed E-state index contributed by atoms with van der Waals surface area (Å²) in [5, 5.41) is 2.27. The van der Waals surface area contributed by atoms with E-state index in [0.717, 1.165) is 6.07 Å². The molecule has 0 unspecified atom stereocenters. The van der Waals surface area contributed by atoms with E-state index in [1.165, 1.54) is 6.07 Å². The standard InChI is InChI=1S/C17H11F6NO4/c18-9-1-7(16-8(2-9)4-26-6-28-16)3-24-10(25)5-27-17-14(22)12(20)11(19)13(21)15(17)23/h1-2H,3-6H2,(H,24,25). The van der Waals surface area contributed by atoms with Crippen molar-refractivity contribution >= 4 is 5.91 Å². The lowest BCUT2D eigenvalue weighted by atomic mass is 10.1. The van der Waals surface area contributed by atoms with Gasteiger partial charge >= 0.3 is 0 Å². The van der Waals surface area contributed by atoms with Crippen molar-refractivity contribution in [3.05, 3.63) is 58.2 Å². The first-order chi connectivity index (χ1) is 13.3. The van der Waals surface area contributed by atoms with Crippen molar-refractivity contribution in [2.75, 3.05) is 13.4 Å². The lowest BCUT2D eigenvalue weighted by molar-refractivity contribution is -0.123. The molecule has 150 valence electrons. The van der Waals surface area contributed by atoms with E-state index in [2.05, 4.69) is 10.1 Å². The normalized spacial score (nSPS) is 12.9. The molecule has 1 N–H and O–H groups in total. The average molecular weight is 407 g/mol. The van der Waals surface area contributed by atoms with Gasteiger partial charge in [0.2, 0.25) is 29.1 Å². The Balaban J connectivity index is 1.66. The van der Waals surface area contributed by atoms with Crippen LogP contribution in [0.1, 0.15) is 11.1 Å². The van der Waals surface area contributed by atoms with Gasteiger partial charge in [-0.2, -0.15) is 8.78 Å². The number of amides is 1. The lowest BCUT2D eigenvalue weighted by Crippen LogP contribution is -2.29. The number of benzene rings is 2. The molecular weight excluding hydrogens is 396 g/mol. The maximum atomic E-state index is 13.6. The molecule has 3 rings (SSSR count). The molecule has 0 radical (unpaired) electrons. The number of halogens is 6. The molecule has 5 nitrogen and oxygen atoms in total. The summed E-state index contributed by atoms with van der Waals surface area (Å²) in [4.78, 5) is 11.8. The average Bonchev–Trinajstić information content (AvgIpc) is 2.68. The van der Waals surface area contributed by atoms with Crippen LogP contribution in [0.25, 0.3) is 0 Å². The van der Waals surface area contributed by atoms with Crippen LogP contribution >= 0.6 is 0 Å². The van der Waals surface area contributed by atoms with Gasteiger partial charge in [-0.3, -0.25) is 4.79 Å². The maximum absolute atomic E-state index is 13.6. The van der Waals surface area contributed by atoms with E-state index >= 15 is 0 Å². The molecule has 0 spiro atoms. The van der Waals surface area contributed by atoms with Crippen molar-refractivity contribution in [1.29, 1.82) is 0 Å². The third kappa shape index (κ3) is 3.84. The first kappa shape index (κ1) is 19.8. The van der Waals surface area contributed by atoms with Gasteiger partial charge in [0.15, 0.2) is 19.1 Å². The van der Waals surface area contributed by atoms with Crippen LogP contribution in [0.3, 0.4) is 0 Å². The molecule has 2 aromatic rings. The monoisotopic (exact) mass is 407 g/mol. The molecule has 0 aliphatic carbocycles. The van der Waals surface area contributed by atoms with Gasteiger partial charge in [0.25, 0.3) is 5.91 Å². The van der Waals surface area contributed by atoms with E-state index in [4.69, 9.17) is 9.47 Å². The van der Waals surface area contributed by atoms with E-state index < -0.39 is 53.2 Å². The van der Waals surface area contributed by atoms with Crippen molar-refractivity contribution in [3.63, 3.8) is 0 Å². The number of carbonyl (C=O) groups is 1. The predicted molar refractivity (Wildman–Crippen MR) is 80.3 cm³/mol. The Morgan fingerprint density at radius 2 is 1.64 bits per heavy atom. The maximum Gasteiger partial charge on any atom is 0.258 e. The van der Waals surface area contributed by atoms with Crippen LogP contribution in [0.4, 0.5) is 26.3 Å². The van der Waals surface area contributed by atoms with Crippen molar-refractivity contribution in [2.24, 2.45) is 0 Å². The highest BCUT2D eigenvalue weighted by atomic mass is 19.2. The molecule has 28 heavy (non-hydrogen) atoms. The third-order valence-corrected chi connectivity index (χ3v) is 3.74. The molecule has 0 bridgehead atoms. The molecule has 0 fully saturated rings. The molecule has 1 amide bonds. The summed E-state index contributed by atoms with van der Waals surface area (Å²) in [5.74, 6) is -13.9. The van der Waals surface area contributed by atoms with Crippen LogP contribution < -0.4 is 14.8 Å². The van der Waals surface area contributed by atoms with Crippen LogP contribution in [0.2, 0.25) is 0 Å². The third-order valence-electron chi connectivity index (χ3n) is 3.74. The van der Waals surface area contributed by atoms with Gasteiger partial charge in [-0.1, -0.05) is 0 Å². The Morgan fingerprint density at radius 3 is 2.32 bits per heavy atom. The second kappa shape index (κ2) is 7.97. The van der Waals surface area contributed by atoms with Gasteiger partial charge in [0.05, 0.1) is 6.61 Å². The second-order valence-corrected chi connectivity index (χ2v) is 5.63. The molecule has 0 aromatic heterocycles. The van der Waals surface area contributed by atoms with Gasteiger partial charge in [0.1, 0.15) is 11.6 Å². The van der Waals surface area contributed by atoms with Crippen molar-refractivity contribution in [2.45, 2.75) is 13.2 Å². The van der Waals surface area contributed by atoms with Crippen molar-refractivity contribution in [3.8, 4) is 11.5 Å². The SMILES string of the molecule is O=C(COc1c(F)c(F)c(F)c(F)c1F)NCc1cc(F)cc2c1OCOC2. The first-order valence-corrected chi connectivity index (χ1v) is 7.72. The number of fused-ring (bicyclic) bond motifs is 1. The van der Waals surface area contributed by atoms with Crippen molar-refractivity contribution < 1.29 is 45.3 Å². The summed E-state index contributed by atoms with van der Waals surface area (Å²) in [7, 11) is 0. The second-order valence-electron chi connectivity index (χ2n) is 5.63. The smallest absolute Gasteiger partial charge is 0.258 e. The van der Waals surface area contributed by atoms with Crippen LogP contribution in [0.15, 0.2) is 12.1 Å². The fourth-order valence-electron chi connectivity index (χ4n) is 2.48. The zero-order valence-corrected chi connectivity index (χ0v) is 13.9. The van der Waals surface area contributed by atoms with E-state index in [1.807, 2.05) is 0 Å². The predicted octanol–water partition coefficient (Wildman–Crippen LogP) is 3.08. The quantitative estimate of drug-likeness (QED) is 0.470. The Hall–Kier alpha value is -2.95. The minimum absolute atomic E-state index is 0.0665. The molecule has 1 aliphatic rings. The fraction of sp³-hybridized carbons (Fsp3) is 0.235. The van der Waals surface area contributed by atoms with Crippen molar-refractivity contribution in [1.82, 2.24) is 5.32 Å². The number of nitrogens with one attached hydrogen (secondary N) is 1. The van der Waals surface area contributed by atoms with Gasteiger partial charge in [-0.15, -0.1) is 0 Å². The van der Waals surface area contributed by atoms with Gasteiger partial charge < -0.3 is 19.5 Å². The molecular formula is C17H11F6NO4. The largest absolute Gasteiger partial charge is 0.477 e. The Kier molecular flexibility index (Phi) is 5.63. The van der Waals surface area contributed by atoms with E-state index in [0.29, 0.717) is 11.3 Å². The minimum Gasteiger partial charge on any atom is -0.477 e. The zero-order chi connectivity index (χ0) is 20.4. The molecule has 11 heteroatoms. The minimum atomic E-state index is -2.34. The zero-order valence-electron chi connectivity index (χ0n) is 13.9. The number of carbonyl (C=O) groups excluding carboxylic acids is 1. The van der Waals surface area contributed by atoms with Crippen LogP contribution in [0, 0.1) is 34.9 Å². The van der Waals surface area contributed by atoms with Gasteiger partial charge in [-0.05, 0) is 12.1 Å². The van der Waals surface area contributed by atoms with E-state index in [9.17, 15) is 31.1 Å². The summed E-state index contributed by atoms with van der Waals surface area (Å²) in [6, 6.07) is 2.31. The number of rotatable bonds is 5. The summed E-state index contributed by atoms with van der Waals surface area (Å²) in [5.41, 5.74) is 0.691. The molecule has 1 aliphatic heterocycles. The first-order valence-electron chi connectivity index (χ1n) is 7.72. The Labute approximate surface area is 153 Å². The molecule has 0 saturated heterocycles. The fourth-order valence-corrected chi connectivity index (χ4v) is 2.48. The Bertz CT molecular complexity index is 908. The topological polar surface area (TPSA) is 56.8 Å². The number of hydrogen-bond donors (Lipinski definition) is 1. The molecule has 1 heterocycles. The van der Waals surface area contributed by atoms with Crippen LogP contribution in [-0.2, 0) is 22.7 Å². The Morgan fingerprint density at radius 1 is 1.00 bits per heavy atom. The summed E-state index contributed by atoms with van der Waals surface area (Å²) in [6.07, 6.45) is 0. The molecule has 0 atom stereocenters. The van der Waals surface area contributed by atoms with E-state index in [-0.39, 0.29) is 25.5 Å². The molecule has 0 saturated carbocycles. The van der Waals surface area contributed by atoms with Crippen LogP contribution in [0.5, 0.6) is 11.5 Å². The summed E-state index contributed by atoms with van der Waals surface area (Å²) >= 11 is 0. The van der Waals surface area contributed by atoms with Gasteiger partial charge in [-0.25, -0.2) is 17.6 Å². The van der Waals surface area contributed by atoms with E-state index in [1.54, 1.807) is 0 Å². The highest BCUT2D eigenvalue weighted by Gasteiger charge is 2.27. The number of hydrogen-bond acceptors (Lipinski definition) is 4. The lowest BCUT2D eigenvalue weighted by Gasteiger charge is -2.21. The number of ether oxygens (including phenoxy) is 3. The van der Waals surface area contributed by atoms with Crippen LogP contribution in [-0.4, -0.2) is 19.3 Å².